The molecule has 0 aliphatic rings. The van der Waals surface area contributed by atoms with Crippen LogP contribution in [-0.4, -0.2) is 58.8 Å². The quantitative estimate of drug-likeness (QED) is 0.0625. The molecule has 22 heteroatoms. The van der Waals surface area contributed by atoms with Crippen LogP contribution >= 0.6 is 0 Å². The SMILES string of the molecule is COc1cc(-c2ccc(N=Nc3c(S(=O)(=O)[O-])cc4c(N=Nc5cccc6[nH]nnc56)c(N)ccc4c3O)c(OC)c2)ccc1N=Nc1cc(C(=O)[O-])c(O)cc1C.[Na+].[Na+]. The molecule has 19 nitrogen and oxygen atoms in total. The first kappa shape index (κ1) is 45.2. The molecule has 0 aliphatic carbocycles. The molecule has 1 heterocycles. The molecule has 0 amide bonds. The Hall–Kier alpha value is -5.84. The fourth-order valence-corrected chi connectivity index (χ4v) is 6.54. The molecule has 0 saturated carbocycles. The number of phenolic OH excluding ortho intramolecular Hbond substituents is 1. The number of fused-ring (bicyclic) bond motifs is 2. The van der Waals surface area contributed by atoms with Gasteiger partial charge in [0.2, 0.25) is 0 Å². The first-order valence-electron chi connectivity index (χ1n) is 16.8. The van der Waals surface area contributed by atoms with E-state index in [2.05, 4.69) is 46.1 Å². The zero-order chi connectivity index (χ0) is 41.3. The van der Waals surface area contributed by atoms with Crippen LogP contribution < -0.4 is 79.4 Å². The van der Waals surface area contributed by atoms with E-state index >= 15 is 0 Å². The first-order valence-corrected chi connectivity index (χ1v) is 18.2. The third-order valence-corrected chi connectivity index (χ3v) is 9.70. The number of aromatic nitrogens is 3. The Morgan fingerprint density at radius 2 is 1.35 bits per heavy atom. The van der Waals surface area contributed by atoms with Crippen molar-refractivity contribution < 1.29 is 102 Å². The molecule has 0 unspecified atom stereocenters. The number of nitrogens with one attached hydrogen (secondary N) is 1. The number of nitrogens with zero attached hydrogens (tertiary/aromatic N) is 8. The second kappa shape index (κ2) is 18.6. The van der Waals surface area contributed by atoms with Crippen molar-refractivity contribution in [3.63, 3.8) is 0 Å². The molecule has 0 radical (unpaired) electrons. The van der Waals surface area contributed by atoms with Gasteiger partial charge in [-0.05, 0) is 90.3 Å². The number of H-pyrrole nitrogens is 1. The molecule has 0 saturated heterocycles. The van der Waals surface area contributed by atoms with E-state index in [1.54, 1.807) is 55.5 Å². The third kappa shape index (κ3) is 9.15. The number of carbonyl (C=O) groups excluding carboxylic acids is 1. The molecule has 60 heavy (non-hydrogen) atoms. The summed E-state index contributed by atoms with van der Waals surface area (Å²) < 4.78 is 48.8. The second-order valence-corrected chi connectivity index (χ2v) is 13.8. The van der Waals surface area contributed by atoms with E-state index in [1.165, 1.54) is 38.5 Å². The Balaban J connectivity index is 0.00000341. The molecule has 6 aromatic carbocycles. The van der Waals surface area contributed by atoms with E-state index in [9.17, 15) is 33.1 Å². The zero-order valence-corrected chi connectivity index (χ0v) is 37.2. The number of nitrogen functional groups attached to an aromatic ring is 1. The van der Waals surface area contributed by atoms with Gasteiger partial charge in [-0.2, -0.15) is 5.11 Å². The van der Waals surface area contributed by atoms with E-state index in [1.807, 2.05) is 0 Å². The molecular formula is C38H28N10Na2O9S. The van der Waals surface area contributed by atoms with Crippen molar-refractivity contribution in [1.82, 2.24) is 15.4 Å². The molecule has 7 rings (SSSR count). The maximum absolute atomic E-state index is 12.6. The van der Waals surface area contributed by atoms with Crippen LogP contribution in [0, 0.1) is 6.92 Å². The minimum absolute atomic E-state index is 0. The monoisotopic (exact) mass is 846 g/mol. The van der Waals surface area contributed by atoms with E-state index in [4.69, 9.17) is 15.2 Å². The smallest absolute Gasteiger partial charge is 0.744 e. The zero-order valence-electron chi connectivity index (χ0n) is 32.4. The summed E-state index contributed by atoms with van der Waals surface area (Å²) in [4.78, 5) is 10.5. The number of hydrogen-bond donors (Lipinski definition) is 4. The van der Waals surface area contributed by atoms with Crippen LogP contribution in [0.25, 0.3) is 32.9 Å². The van der Waals surface area contributed by atoms with Crippen LogP contribution in [0.15, 0.2) is 121 Å². The topological polar surface area (TPSA) is 298 Å². The van der Waals surface area contributed by atoms with Crippen molar-refractivity contribution in [2.75, 3.05) is 20.0 Å². The fourth-order valence-electron chi connectivity index (χ4n) is 5.90. The number of phenols is 2. The maximum Gasteiger partial charge on any atom is 1.00 e. The molecule has 1 aromatic heterocycles. The van der Waals surface area contributed by atoms with Gasteiger partial charge in [0, 0.05) is 16.3 Å². The minimum atomic E-state index is -5.26. The average Bonchev–Trinajstić information content (AvgIpc) is 3.69. The van der Waals surface area contributed by atoms with Crippen molar-refractivity contribution in [1.29, 1.82) is 0 Å². The summed E-state index contributed by atoms with van der Waals surface area (Å²) in [6, 6.07) is 21.1. The van der Waals surface area contributed by atoms with Gasteiger partial charge in [-0.25, -0.2) is 8.42 Å². The van der Waals surface area contributed by atoms with Crippen LogP contribution in [0.3, 0.4) is 0 Å². The summed E-state index contributed by atoms with van der Waals surface area (Å²) in [6.07, 6.45) is 0. The standard InChI is InChI=1S/C38H30N10O9S.2Na/c1-18-13-30(49)23(38(51)52)16-29(18)43-40-25-11-7-19(14-31(25)56-2)20-8-12-26(32(15-20)57-3)41-46-36-33(58(53,54)55)17-22-21(37(36)50)9-10-24(39)34(22)45-42-27-5-4-6-28-35(27)47-48-44-28;;/h4-17,49-50H,39H2,1-3H3,(H,51,52)(H,44,47,48)(H,53,54,55);;/q;2*+1/p-2. The molecule has 5 N–H and O–H groups in total. The van der Waals surface area contributed by atoms with E-state index in [0.717, 1.165) is 12.1 Å². The van der Waals surface area contributed by atoms with Gasteiger partial charge < -0.3 is 39.9 Å². The Morgan fingerprint density at radius 3 is 1.97 bits per heavy atom. The molecule has 0 bridgehead atoms. The molecule has 0 atom stereocenters. The number of aromatic amines is 1. The van der Waals surface area contributed by atoms with Gasteiger partial charge in [0.25, 0.3) is 0 Å². The van der Waals surface area contributed by atoms with Gasteiger partial charge in [-0.3, -0.25) is 5.10 Å². The van der Waals surface area contributed by atoms with Gasteiger partial charge in [0.15, 0.2) is 5.75 Å². The fraction of sp³-hybridized carbons (Fsp3) is 0.0789. The van der Waals surface area contributed by atoms with Crippen molar-refractivity contribution in [2.24, 2.45) is 30.7 Å². The predicted molar refractivity (Wildman–Crippen MR) is 207 cm³/mol. The number of methoxy groups -OCH3 is 2. The summed E-state index contributed by atoms with van der Waals surface area (Å²) in [5.74, 6) is -2.18. The third-order valence-electron chi connectivity index (χ3n) is 8.85. The number of ether oxygens (including phenoxy) is 2. The number of azo groups is 3. The summed E-state index contributed by atoms with van der Waals surface area (Å²) >= 11 is 0. The molecule has 292 valence electrons. The van der Waals surface area contributed by atoms with Crippen molar-refractivity contribution in [3.8, 4) is 34.1 Å². The van der Waals surface area contributed by atoms with E-state index in [-0.39, 0.29) is 98.4 Å². The van der Waals surface area contributed by atoms with Crippen molar-refractivity contribution >= 4 is 77.7 Å². The first-order chi connectivity index (χ1) is 27.8. The van der Waals surface area contributed by atoms with Crippen LogP contribution in [0.1, 0.15) is 15.9 Å². The van der Waals surface area contributed by atoms with Gasteiger partial charge in [0.1, 0.15) is 61.3 Å². The van der Waals surface area contributed by atoms with Crippen LogP contribution in [0.2, 0.25) is 0 Å². The Labute approximate surface area is 384 Å². The van der Waals surface area contributed by atoms with Crippen LogP contribution in [-0.2, 0) is 10.1 Å². The van der Waals surface area contributed by atoms with Crippen molar-refractivity contribution in [2.45, 2.75) is 11.8 Å². The number of aromatic hydroxyl groups is 2. The Bertz CT molecular complexity index is 3020. The van der Waals surface area contributed by atoms with Gasteiger partial charge in [-0.15, -0.1) is 30.7 Å². The number of carbonyl (C=O) groups is 1. The number of carboxylic acids is 1. The van der Waals surface area contributed by atoms with Gasteiger partial charge >= 0.3 is 59.1 Å². The second-order valence-electron chi connectivity index (χ2n) is 12.4. The molecule has 0 spiro atoms. The minimum Gasteiger partial charge on any atom is -0.744 e. The predicted octanol–water partition coefficient (Wildman–Crippen LogP) is 1.62. The summed E-state index contributed by atoms with van der Waals surface area (Å²) in [6.45, 7) is 1.63. The number of anilines is 1. The largest absolute Gasteiger partial charge is 1.00 e. The number of benzene rings is 6. The van der Waals surface area contributed by atoms with Crippen LogP contribution in [0.4, 0.5) is 39.8 Å². The number of hydrogen-bond acceptors (Lipinski definition) is 18. The number of nitrogens with two attached hydrogens (primary N) is 1. The molecular weight excluding hydrogens is 819 g/mol. The molecule has 7 aromatic rings. The van der Waals surface area contributed by atoms with E-state index in [0.29, 0.717) is 44.8 Å². The van der Waals surface area contributed by atoms with Crippen LogP contribution in [0.5, 0.6) is 23.0 Å². The Kier molecular flexibility index (Phi) is 14.0. The molecule has 0 fully saturated rings. The van der Waals surface area contributed by atoms with Gasteiger partial charge in [0.05, 0.1) is 42.0 Å². The molecule has 0 aliphatic heterocycles. The van der Waals surface area contributed by atoms with Gasteiger partial charge in [-0.1, -0.05) is 23.4 Å². The van der Waals surface area contributed by atoms with Crippen molar-refractivity contribution in [3.05, 3.63) is 96.1 Å². The summed E-state index contributed by atoms with van der Waals surface area (Å²) in [5, 5.41) is 68.1. The number of aromatic carboxylic acids is 1. The van der Waals surface area contributed by atoms with E-state index < -0.39 is 43.7 Å². The summed E-state index contributed by atoms with van der Waals surface area (Å²) in [7, 11) is -2.45. The summed E-state index contributed by atoms with van der Waals surface area (Å²) in [5.41, 5.74) is 8.91. The normalized spacial score (nSPS) is 11.7. The number of carboxylic acid groups (broad SMARTS) is 1. The Morgan fingerprint density at radius 1 is 0.750 bits per heavy atom. The number of rotatable bonds is 11. The maximum atomic E-state index is 12.6. The number of aryl methyl sites for hydroxylation is 1. The average molecular weight is 847 g/mol.